The molecule has 2 amide bonds. The van der Waals surface area contributed by atoms with Gasteiger partial charge in [-0.15, -0.1) is 5.10 Å². The Balaban J connectivity index is 1.55. The summed E-state index contributed by atoms with van der Waals surface area (Å²) >= 11 is 1.14. The minimum absolute atomic E-state index is 0.0503. The van der Waals surface area contributed by atoms with Gasteiger partial charge in [0.05, 0.1) is 0 Å². The zero-order valence-electron chi connectivity index (χ0n) is 15.9. The van der Waals surface area contributed by atoms with Crippen molar-refractivity contribution in [1.29, 1.82) is 0 Å². The molecule has 1 saturated carbocycles. The first-order chi connectivity index (χ1) is 14.2. The minimum atomic E-state index is -0.686. The average molecular weight is 407 g/mol. The summed E-state index contributed by atoms with van der Waals surface area (Å²) in [5.74, 6) is -0.413. The monoisotopic (exact) mass is 406 g/mol. The van der Waals surface area contributed by atoms with E-state index >= 15 is 0 Å². The van der Waals surface area contributed by atoms with Crippen LogP contribution in [0, 0.1) is 0 Å². The van der Waals surface area contributed by atoms with Crippen LogP contribution in [0.1, 0.15) is 40.5 Å². The van der Waals surface area contributed by atoms with E-state index in [0.29, 0.717) is 12.2 Å². The molecule has 1 fully saturated rings. The van der Waals surface area contributed by atoms with Crippen LogP contribution < -0.4 is 5.32 Å². The molecule has 1 aliphatic rings. The Morgan fingerprint density at radius 2 is 1.76 bits per heavy atom. The van der Waals surface area contributed by atoms with Gasteiger partial charge in [-0.3, -0.25) is 9.59 Å². The lowest BCUT2D eigenvalue weighted by Gasteiger charge is -2.31. The molecule has 7 heteroatoms. The van der Waals surface area contributed by atoms with E-state index in [1.807, 2.05) is 60.7 Å². The Kier molecular flexibility index (Phi) is 5.95. The zero-order chi connectivity index (χ0) is 20.1. The molecule has 148 valence electrons. The molecule has 2 aromatic carbocycles. The summed E-state index contributed by atoms with van der Waals surface area (Å²) in [4.78, 5) is 28.1. The lowest BCUT2D eigenvalue weighted by Crippen LogP contribution is -2.45. The quantitative estimate of drug-likeness (QED) is 0.623. The molecule has 0 unspecified atom stereocenters. The Labute approximate surface area is 173 Å². The highest BCUT2D eigenvalue weighted by Gasteiger charge is 2.42. The van der Waals surface area contributed by atoms with Gasteiger partial charge in [-0.05, 0) is 41.9 Å². The molecule has 29 heavy (non-hydrogen) atoms. The molecule has 1 heterocycles. The van der Waals surface area contributed by atoms with Crippen molar-refractivity contribution in [2.75, 3.05) is 6.54 Å². The Bertz CT molecular complexity index is 943. The number of rotatable bonds is 8. The summed E-state index contributed by atoms with van der Waals surface area (Å²) in [6, 6.07) is 18.8. The number of hydrogen-bond acceptors (Lipinski definition) is 5. The van der Waals surface area contributed by atoms with Gasteiger partial charge in [0.1, 0.15) is 6.04 Å². The number of nitrogens with one attached hydrogen (secondary N) is 1. The van der Waals surface area contributed by atoms with Gasteiger partial charge in [-0.25, -0.2) is 0 Å². The molecule has 1 aromatic heterocycles. The topological polar surface area (TPSA) is 75.2 Å². The smallest absolute Gasteiger partial charge is 0.276 e. The predicted octanol–water partition coefficient (Wildman–Crippen LogP) is 3.24. The van der Waals surface area contributed by atoms with E-state index < -0.39 is 6.04 Å². The van der Waals surface area contributed by atoms with Gasteiger partial charge in [-0.1, -0.05) is 65.2 Å². The lowest BCUT2D eigenvalue weighted by molar-refractivity contribution is -0.126. The molecule has 4 rings (SSSR count). The lowest BCUT2D eigenvalue weighted by atomic mass is 10.0. The van der Waals surface area contributed by atoms with Gasteiger partial charge in [0.25, 0.3) is 5.91 Å². The molecule has 3 aromatic rings. The fraction of sp³-hybridized carbons (Fsp3) is 0.273. The molecule has 0 bridgehead atoms. The molecule has 0 radical (unpaired) electrons. The number of hydrogen-bond donors (Lipinski definition) is 1. The summed E-state index contributed by atoms with van der Waals surface area (Å²) in [7, 11) is 0. The van der Waals surface area contributed by atoms with Crippen molar-refractivity contribution < 1.29 is 9.59 Å². The maximum atomic E-state index is 13.2. The van der Waals surface area contributed by atoms with Crippen LogP contribution in [0.5, 0.6) is 0 Å². The third-order valence-corrected chi connectivity index (χ3v) is 5.46. The normalized spacial score (nSPS) is 14.2. The fourth-order valence-corrected chi connectivity index (χ4v) is 3.81. The van der Waals surface area contributed by atoms with Gasteiger partial charge < -0.3 is 10.2 Å². The van der Waals surface area contributed by atoms with Gasteiger partial charge in [-0.2, -0.15) is 0 Å². The number of carbonyl (C=O) groups excluding carboxylic acids is 2. The van der Waals surface area contributed by atoms with E-state index in [2.05, 4.69) is 14.9 Å². The van der Waals surface area contributed by atoms with Gasteiger partial charge >= 0.3 is 0 Å². The van der Waals surface area contributed by atoms with Crippen molar-refractivity contribution in [3.8, 4) is 0 Å². The van der Waals surface area contributed by atoms with Crippen molar-refractivity contribution in [3.63, 3.8) is 0 Å². The highest BCUT2D eigenvalue weighted by Crippen LogP contribution is 2.36. The van der Waals surface area contributed by atoms with Gasteiger partial charge in [0, 0.05) is 18.0 Å². The van der Waals surface area contributed by atoms with Crippen molar-refractivity contribution in [2.24, 2.45) is 0 Å². The summed E-state index contributed by atoms with van der Waals surface area (Å²) in [6.07, 6.45) is 2.52. The van der Waals surface area contributed by atoms with E-state index in [1.165, 1.54) is 0 Å². The van der Waals surface area contributed by atoms with Crippen LogP contribution in [-0.2, 0) is 11.2 Å². The molecular formula is C22H22N4O2S. The maximum Gasteiger partial charge on any atom is 0.276 e. The number of carbonyl (C=O) groups is 2. The van der Waals surface area contributed by atoms with Crippen LogP contribution in [0.3, 0.4) is 0 Å². The average Bonchev–Trinajstić information content (AvgIpc) is 3.44. The van der Waals surface area contributed by atoms with Crippen molar-refractivity contribution in [2.45, 2.75) is 31.3 Å². The first-order valence-electron chi connectivity index (χ1n) is 9.70. The van der Waals surface area contributed by atoms with E-state index in [9.17, 15) is 9.59 Å². The van der Waals surface area contributed by atoms with E-state index in [-0.39, 0.29) is 17.9 Å². The molecular weight excluding hydrogens is 384 g/mol. The second-order valence-electron chi connectivity index (χ2n) is 7.07. The minimum Gasteiger partial charge on any atom is -0.354 e. The fourth-order valence-electron chi connectivity index (χ4n) is 3.38. The number of nitrogens with zero attached hydrogens (tertiary/aromatic N) is 3. The second-order valence-corrected chi connectivity index (χ2v) is 7.68. The summed E-state index contributed by atoms with van der Waals surface area (Å²) in [6.45, 7) is 0.511. The summed E-state index contributed by atoms with van der Waals surface area (Å²) in [5, 5.41) is 8.59. The Morgan fingerprint density at radius 3 is 2.38 bits per heavy atom. The number of amides is 2. The predicted molar refractivity (Wildman–Crippen MR) is 111 cm³/mol. The van der Waals surface area contributed by atoms with Crippen molar-refractivity contribution >= 4 is 23.3 Å². The summed E-state index contributed by atoms with van der Waals surface area (Å²) in [5.41, 5.74) is 2.25. The van der Waals surface area contributed by atoms with Crippen molar-refractivity contribution in [1.82, 2.24) is 19.8 Å². The van der Waals surface area contributed by atoms with Crippen LogP contribution in [0.4, 0.5) is 0 Å². The van der Waals surface area contributed by atoms with Gasteiger partial charge in [0.2, 0.25) is 5.91 Å². The van der Waals surface area contributed by atoms with Gasteiger partial charge in [0.15, 0.2) is 5.69 Å². The van der Waals surface area contributed by atoms with Crippen LogP contribution >= 0.6 is 11.5 Å². The van der Waals surface area contributed by atoms with E-state index in [1.54, 1.807) is 10.3 Å². The molecule has 0 spiro atoms. The summed E-state index contributed by atoms with van der Waals surface area (Å²) < 4.78 is 3.81. The molecule has 1 N–H and O–H groups in total. The second kappa shape index (κ2) is 8.96. The van der Waals surface area contributed by atoms with Crippen LogP contribution in [0.2, 0.25) is 0 Å². The van der Waals surface area contributed by atoms with Crippen LogP contribution in [0.15, 0.2) is 66.0 Å². The Hall–Kier alpha value is -3.06. The third-order valence-electron chi connectivity index (χ3n) is 4.95. The first-order valence-corrected chi connectivity index (χ1v) is 10.5. The highest BCUT2D eigenvalue weighted by atomic mass is 32.1. The zero-order valence-corrected chi connectivity index (χ0v) is 16.7. The molecule has 1 aliphatic carbocycles. The van der Waals surface area contributed by atoms with Crippen LogP contribution in [0.25, 0.3) is 0 Å². The van der Waals surface area contributed by atoms with Crippen LogP contribution in [-0.4, -0.2) is 38.9 Å². The van der Waals surface area contributed by atoms with E-state index in [4.69, 9.17) is 0 Å². The molecule has 0 aliphatic heterocycles. The van der Waals surface area contributed by atoms with E-state index in [0.717, 1.165) is 41.9 Å². The largest absolute Gasteiger partial charge is 0.354 e. The molecule has 6 nitrogen and oxygen atoms in total. The number of benzene rings is 2. The molecule has 0 saturated heterocycles. The molecule has 1 atom stereocenters. The highest BCUT2D eigenvalue weighted by molar-refractivity contribution is 7.03. The van der Waals surface area contributed by atoms with Crippen molar-refractivity contribution in [3.05, 3.63) is 82.9 Å². The first kappa shape index (κ1) is 19.3. The number of aromatic nitrogens is 2. The third kappa shape index (κ3) is 4.68. The standard InChI is InChI=1S/C22H22N4O2S/c27-21(23-14-13-16-7-3-1-4-8-16)20(17-9-5-2-6-10-17)26(18-11-12-18)22(28)19-15-29-25-24-19/h1-10,15,18,20H,11-14H2,(H,23,27)/t20-/m0/s1. The maximum absolute atomic E-state index is 13.2. The Morgan fingerprint density at radius 1 is 1.07 bits per heavy atom. The SMILES string of the molecule is O=C(NCCc1ccccc1)[C@H](c1ccccc1)N(C(=O)c1csnn1)C1CC1.